The van der Waals surface area contributed by atoms with Crippen molar-refractivity contribution in [2.45, 2.75) is 13.2 Å². The fourth-order valence-electron chi connectivity index (χ4n) is 1.74. The summed E-state index contributed by atoms with van der Waals surface area (Å²) in [6, 6.07) is 9.30. The van der Waals surface area contributed by atoms with Gasteiger partial charge in [-0.3, -0.25) is 4.79 Å². The number of amides is 1. The Bertz CT molecular complexity index is 659. The van der Waals surface area contributed by atoms with Crippen molar-refractivity contribution in [2.24, 2.45) is 0 Å². The predicted octanol–water partition coefficient (Wildman–Crippen LogP) is 3.55. The standard InChI is InChI=1S/C15H12Cl2FNO2/c16-12-6-13(17)14(18)5-11(12)15(21)19-7-9-1-3-10(8-20)4-2-9/h1-6,20H,7-8H2,(H,19,21). The van der Waals surface area contributed by atoms with Crippen LogP contribution < -0.4 is 5.32 Å². The Balaban J connectivity index is 2.06. The van der Waals surface area contributed by atoms with Crippen molar-refractivity contribution < 1.29 is 14.3 Å². The quantitative estimate of drug-likeness (QED) is 0.843. The number of hydrogen-bond acceptors (Lipinski definition) is 2. The first-order valence-electron chi connectivity index (χ1n) is 6.12. The van der Waals surface area contributed by atoms with Gasteiger partial charge in [0.25, 0.3) is 5.91 Å². The molecule has 0 aliphatic carbocycles. The van der Waals surface area contributed by atoms with Gasteiger partial charge in [-0.25, -0.2) is 4.39 Å². The predicted molar refractivity (Wildman–Crippen MR) is 80.0 cm³/mol. The lowest BCUT2D eigenvalue weighted by Crippen LogP contribution is -2.23. The third-order valence-corrected chi connectivity index (χ3v) is 3.52. The number of benzene rings is 2. The van der Waals surface area contributed by atoms with Crippen LogP contribution in [0.4, 0.5) is 4.39 Å². The number of hydrogen-bond donors (Lipinski definition) is 2. The minimum Gasteiger partial charge on any atom is -0.392 e. The van der Waals surface area contributed by atoms with Gasteiger partial charge in [-0.1, -0.05) is 47.5 Å². The first kappa shape index (κ1) is 15.8. The second kappa shape index (κ2) is 6.89. The van der Waals surface area contributed by atoms with Gasteiger partial charge in [0.2, 0.25) is 0 Å². The van der Waals surface area contributed by atoms with Gasteiger partial charge in [0.05, 0.1) is 22.2 Å². The average molecular weight is 328 g/mol. The molecule has 0 saturated carbocycles. The lowest BCUT2D eigenvalue weighted by atomic mass is 10.1. The number of rotatable bonds is 4. The van der Waals surface area contributed by atoms with Crippen LogP contribution in [0.2, 0.25) is 10.0 Å². The van der Waals surface area contributed by atoms with E-state index in [1.165, 1.54) is 6.07 Å². The molecule has 6 heteroatoms. The minimum atomic E-state index is -0.696. The zero-order chi connectivity index (χ0) is 15.4. The number of halogens is 3. The molecule has 21 heavy (non-hydrogen) atoms. The summed E-state index contributed by atoms with van der Waals surface area (Å²) in [6.07, 6.45) is 0. The average Bonchev–Trinajstić information content (AvgIpc) is 2.49. The molecule has 110 valence electrons. The summed E-state index contributed by atoms with van der Waals surface area (Å²) in [7, 11) is 0. The van der Waals surface area contributed by atoms with Gasteiger partial charge >= 0.3 is 0 Å². The summed E-state index contributed by atoms with van der Waals surface area (Å²) in [6.45, 7) is 0.234. The summed E-state index contributed by atoms with van der Waals surface area (Å²) in [5, 5.41) is 11.6. The Morgan fingerprint density at radius 3 is 2.33 bits per heavy atom. The Kier molecular flexibility index (Phi) is 5.17. The molecule has 3 nitrogen and oxygen atoms in total. The van der Waals surface area contributed by atoms with Gasteiger partial charge in [0, 0.05) is 6.54 Å². The Labute approximate surface area is 131 Å². The van der Waals surface area contributed by atoms with Crippen LogP contribution in [0.25, 0.3) is 0 Å². The molecule has 0 unspecified atom stereocenters. The summed E-state index contributed by atoms with van der Waals surface area (Å²) >= 11 is 11.5. The molecule has 0 fully saturated rings. The maximum Gasteiger partial charge on any atom is 0.253 e. The first-order chi connectivity index (χ1) is 10.0. The third kappa shape index (κ3) is 3.94. The molecule has 0 bridgehead atoms. The van der Waals surface area contributed by atoms with Crippen molar-refractivity contribution in [3.8, 4) is 0 Å². The maximum atomic E-state index is 13.4. The van der Waals surface area contributed by atoms with Gasteiger partial charge in [0.15, 0.2) is 0 Å². The highest BCUT2D eigenvalue weighted by atomic mass is 35.5. The Hall–Kier alpha value is -1.62. The molecule has 0 aliphatic rings. The van der Waals surface area contributed by atoms with E-state index in [0.717, 1.165) is 17.2 Å². The van der Waals surface area contributed by atoms with Crippen LogP contribution in [-0.2, 0) is 13.2 Å². The van der Waals surface area contributed by atoms with E-state index in [0.29, 0.717) is 0 Å². The summed E-state index contributed by atoms with van der Waals surface area (Å²) < 4.78 is 13.4. The van der Waals surface area contributed by atoms with Crippen molar-refractivity contribution in [3.05, 3.63) is 69.0 Å². The molecule has 2 N–H and O–H groups in total. The van der Waals surface area contributed by atoms with Crippen molar-refractivity contribution in [1.29, 1.82) is 0 Å². The molecule has 2 rings (SSSR count). The molecule has 0 aromatic heterocycles. The molecular weight excluding hydrogens is 316 g/mol. The van der Waals surface area contributed by atoms with Gasteiger partial charge in [-0.15, -0.1) is 0 Å². The molecule has 1 amide bonds. The first-order valence-corrected chi connectivity index (χ1v) is 6.88. The molecular formula is C15H12Cl2FNO2. The second-order valence-electron chi connectivity index (χ2n) is 4.40. The van der Waals surface area contributed by atoms with E-state index in [2.05, 4.69) is 5.32 Å². The zero-order valence-corrected chi connectivity index (χ0v) is 12.4. The van der Waals surface area contributed by atoms with Gasteiger partial charge in [0.1, 0.15) is 5.82 Å². The molecule has 0 spiro atoms. The molecule has 2 aromatic carbocycles. The summed E-state index contributed by atoms with van der Waals surface area (Å²) in [5.41, 5.74) is 1.67. The Morgan fingerprint density at radius 2 is 1.71 bits per heavy atom. The van der Waals surface area contributed by atoms with E-state index < -0.39 is 11.7 Å². The van der Waals surface area contributed by atoms with Crippen LogP contribution in [0.15, 0.2) is 36.4 Å². The summed E-state index contributed by atoms with van der Waals surface area (Å²) in [4.78, 5) is 12.0. The molecule has 0 saturated heterocycles. The lowest BCUT2D eigenvalue weighted by molar-refractivity contribution is 0.0950. The van der Waals surface area contributed by atoms with E-state index in [9.17, 15) is 9.18 Å². The maximum absolute atomic E-state index is 13.4. The van der Waals surface area contributed by atoms with Crippen molar-refractivity contribution in [3.63, 3.8) is 0 Å². The van der Waals surface area contributed by atoms with Crippen molar-refractivity contribution in [1.82, 2.24) is 5.32 Å². The monoisotopic (exact) mass is 327 g/mol. The molecule has 2 aromatic rings. The number of nitrogens with one attached hydrogen (secondary N) is 1. The summed E-state index contributed by atoms with van der Waals surface area (Å²) in [5.74, 6) is -1.18. The van der Waals surface area contributed by atoms with Gasteiger partial charge < -0.3 is 10.4 Å². The van der Waals surface area contributed by atoms with E-state index in [-0.39, 0.29) is 28.8 Å². The van der Waals surface area contributed by atoms with Crippen LogP contribution in [0.5, 0.6) is 0 Å². The normalized spacial score (nSPS) is 10.5. The van der Waals surface area contributed by atoms with Crippen LogP contribution in [-0.4, -0.2) is 11.0 Å². The highest BCUT2D eigenvalue weighted by molar-refractivity contribution is 6.36. The van der Waals surface area contributed by atoms with Crippen LogP contribution in [0, 0.1) is 5.82 Å². The Morgan fingerprint density at radius 1 is 1.10 bits per heavy atom. The van der Waals surface area contributed by atoms with Gasteiger partial charge in [-0.2, -0.15) is 0 Å². The third-order valence-electron chi connectivity index (χ3n) is 2.91. The van der Waals surface area contributed by atoms with E-state index in [1.54, 1.807) is 24.3 Å². The number of aliphatic hydroxyl groups excluding tert-OH is 1. The van der Waals surface area contributed by atoms with Crippen LogP contribution in [0.3, 0.4) is 0 Å². The van der Waals surface area contributed by atoms with E-state index in [4.69, 9.17) is 28.3 Å². The number of aliphatic hydroxyl groups is 1. The minimum absolute atomic E-state index is 0.0329. The SMILES string of the molecule is O=C(NCc1ccc(CO)cc1)c1cc(F)c(Cl)cc1Cl. The second-order valence-corrected chi connectivity index (χ2v) is 5.22. The smallest absolute Gasteiger partial charge is 0.253 e. The fourth-order valence-corrected chi connectivity index (χ4v) is 2.21. The highest BCUT2D eigenvalue weighted by Crippen LogP contribution is 2.24. The van der Waals surface area contributed by atoms with Gasteiger partial charge in [-0.05, 0) is 23.3 Å². The molecule has 0 heterocycles. The van der Waals surface area contributed by atoms with Crippen molar-refractivity contribution >= 4 is 29.1 Å². The largest absolute Gasteiger partial charge is 0.392 e. The number of carbonyl (C=O) groups is 1. The molecule has 0 radical (unpaired) electrons. The van der Waals surface area contributed by atoms with Crippen molar-refractivity contribution in [2.75, 3.05) is 0 Å². The number of carbonyl (C=O) groups excluding carboxylic acids is 1. The highest BCUT2D eigenvalue weighted by Gasteiger charge is 2.13. The topological polar surface area (TPSA) is 49.3 Å². The molecule has 0 atom stereocenters. The van der Waals surface area contributed by atoms with Crippen LogP contribution in [0.1, 0.15) is 21.5 Å². The fraction of sp³-hybridized carbons (Fsp3) is 0.133. The lowest BCUT2D eigenvalue weighted by Gasteiger charge is -2.08. The zero-order valence-electron chi connectivity index (χ0n) is 10.9. The van der Waals surface area contributed by atoms with Crippen LogP contribution >= 0.6 is 23.2 Å². The van der Waals surface area contributed by atoms with E-state index in [1.807, 2.05) is 0 Å². The molecule has 0 aliphatic heterocycles. The van der Waals surface area contributed by atoms with E-state index >= 15 is 0 Å².